The van der Waals surface area contributed by atoms with Crippen LogP contribution in [0.15, 0.2) is 18.2 Å². The largest absolute Gasteiger partial charge is 0.444 e. The van der Waals surface area contributed by atoms with E-state index < -0.39 is 41.5 Å². The maximum absolute atomic E-state index is 13.4. The summed E-state index contributed by atoms with van der Waals surface area (Å²) in [5.74, 6) is -0.797. The molecule has 0 unspecified atom stereocenters. The molecule has 5 nitrogen and oxygen atoms in total. The quantitative estimate of drug-likeness (QED) is 0.856. The van der Waals surface area contributed by atoms with E-state index in [0.717, 1.165) is 12.5 Å². The van der Waals surface area contributed by atoms with E-state index in [2.05, 4.69) is 0 Å². The zero-order valence-corrected chi connectivity index (χ0v) is 15.3. The minimum absolute atomic E-state index is 0.117. The van der Waals surface area contributed by atoms with Gasteiger partial charge in [0.1, 0.15) is 17.2 Å². The van der Waals surface area contributed by atoms with Crippen LogP contribution in [0, 0.1) is 23.5 Å². The van der Waals surface area contributed by atoms with Crippen molar-refractivity contribution in [3.63, 3.8) is 0 Å². The second-order valence-corrected chi connectivity index (χ2v) is 8.42. The maximum Gasteiger partial charge on any atom is 0.410 e. The number of fused-ring (bicyclic) bond motifs is 1. The molecule has 0 aromatic heterocycles. The van der Waals surface area contributed by atoms with Gasteiger partial charge in [-0.2, -0.15) is 0 Å². The van der Waals surface area contributed by atoms with Crippen LogP contribution in [0.25, 0.3) is 0 Å². The average Bonchev–Trinajstić information content (AvgIpc) is 3.14. The average molecular weight is 368 g/mol. The number of hydrogen-bond acceptors (Lipinski definition) is 4. The van der Waals surface area contributed by atoms with Gasteiger partial charge in [0, 0.05) is 18.7 Å². The first kappa shape index (κ1) is 19.0. The second kappa shape index (κ2) is 6.78. The molecule has 0 radical (unpaired) electrons. The number of amides is 1. The summed E-state index contributed by atoms with van der Waals surface area (Å²) >= 11 is 0. The first-order valence-corrected chi connectivity index (χ1v) is 8.93. The van der Waals surface area contributed by atoms with Crippen LogP contribution in [0.4, 0.5) is 13.6 Å². The van der Waals surface area contributed by atoms with Gasteiger partial charge in [0.15, 0.2) is 0 Å². The van der Waals surface area contributed by atoms with Gasteiger partial charge in [0.25, 0.3) is 0 Å². The summed E-state index contributed by atoms with van der Waals surface area (Å²) in [4.78, 5) is 14.0. The minimum Gasteiger partial charge on any atom is -0.444 e. The van der Waals surface area contributed by atoms with Crippen molar-refractivity contribution in [1.82, 2.24) is 4.90 Å². The van der Waals surface area contributed by atoms with Crippen LogP contribution in [0.2, 0.25) is 0 Å². The van der Waals surface area contributed by atoms with Crippen molar-refractivity contribution in [3.05, 3.63) is 35.4 Å². The Balaban J connectivity index is 1.70. The van der Waals surface area contributed by atoms with Crippen LogP contribution < -0.4 is 5.73 Å². The second-order valence-electron chi connectivity index (χ2n) is 8.42. The molecule has 0 bridgehead atoms. The Labute approximate surface area is 152 Å². The smallest absolute Gasteiger partial charge is 0.410 e. The van der Waals surface area contributed by atoms with Crippen molar-refractivity contribution in [2.75, 3.05) is 6.54 Å². The number of nitrogens with two attached hydrogens (primary N) is 1. The lowest BCUT2D eigenvalue weighted by Crippen LogP contribution is -2.54. The predicted octanol–water partition coefficient (Wildman–Crippen LogP) is 2.45. The van der Waals surface area contributed by atoms with E-state index in [1.54, 1.807) is 25.7 Å². The third kappa shape index (κ3) is 4.15. The highest BCUT2D eigenvalue weighted by Crippen LogP contribution is 2.51. The molecule has 0 spiro atoms. The van der Waals surface area contributed by atoms with Gasteiger partial charge in [-0.15, -0.1) is 0 Å². The van der Waals surface area contributed by atoms with Crippen molar-refractivity contribution < 1.29 is 23.4 Å². The molecule has 26 heavy (non-hydrogen) atoms. The molecule has 1 aliphatic heterocycles. The molecular weight excluding hydrogens is 342 g/mol. The Morgan fingerprint density at radius 2 is 1.96 bits per heavy atom. The number of ether oxygens (including phenoxy) is 1. The van der Waals surface area contributed by atoms with Gasteiger partial charge in [-0.3, -0.25) is 0 Å². The molecule has 144 valence electrons. The van der Waals surface area contributed by atoms with Crippen molar-refractivity contribution in [1.29, 1.82) is 0 Å². The fraction of sp³-hybridized carbons (Fsp3) is 0.632. The molecule has 3 rings (SSSR count). The standard InChI is InChI=1S/C19H26F2N2O3/c1-19(2,3)26-18(25)23-9-11-7-14(11)16(23)17(24)15(22)6-10-4-12(20)8-13(21)5-10/h4-5,8,11,14-17,24H,6-7,9,22H2,1-3H3/t11-,14-,15+,16-,17+/m1/s1. The molecular formula is C19H26F2N2O3. The first-order chi connectivity index (χ1) is 12.0. The van der Waals surface area contributed by atoms with Crippen LogP contribution in [-0.2, 0) is 11.2 Å². The Morgan fingerprint density at radius 1 is 1.35 bits per heavy atom. The highest BCUT2D eigenvalue weighted by atomic mass is 19.1. The predicted molar refractivity (Wildman–Crippen MR) is 92.4 cm³/mol. The lowest BCUT2D eigenvalue weighted by molar-refractivity contribution is -0.00597. The molecule has 1 saturated carbocycles. The number of halogens is 2. The van der Waals surface area contributed by atoms with E-state index in [-0.39, 0.29) is 12.3 Å². The maximum atomic E-state index is 13.4. The number of hydrogen-bond donors (Lipinski definition) is 2. The van der Waals surface area contributed by atoms with Crippen molar-refractivity contribution in [3.8, 4) is 0 Å². The number of rotatable bonds is 4. The summed E-state index contributed by atoms with van der Waals surface area (Å²) in [7, 11) is 0. The Morgan fingerprint density at radius 3 is 2.54 bits per heavy atom. The number of likely N-dealkylation sites (tertiary alicyclic amines) is 1. The van der Waals surface area contributed by atoms with Crippen LogP contribution in [0.5, 0.6) is 0 Å². The lowest BCUT2D eigenvalue weighted by Gasteiger charge is -2.35. The van der Waals surface area contributed by atoms with Crippen LogP contribution in [0.3, 0.4) is 0 Å². The first-order valence-electron chi connectivity index (χ1n) is 8.93. The summed E-state index contributed by atoms with van der Waals surface area (Å²) in [6.45, 7) is 5.91. The minimum atomic E-state index is -0.994. The van der Waals surface area contributed by atoms with E-state index in [4.69, 9.17) is 10.5 Å². The van der Waals surface area contributed by atoms with Gasteiger partial charge >= 0.3 is 6.09 Å². The topological polar surface area (TPSA) is 75.8 Å². The molecule has 1 aromatic carbocycles. The van der Waals surface area contributed by atoms with Gasteiger partial charge in [-0.25, -0.2) is 13.6 Å². The molecule has 7 heteroatoms. The number of carbonyl (C=O) groups excluding carboxylic acids is 1. The van der Waals surface area contributed by atoms with E-state index in [1.807, 2.05) is 0 Å². The summed E-state index contributed by atoms with van der Waals surface area (Å²) < 4.78 is 32.2. The van der Waals surface area contributed by atoms with Gasteiger partial charge in [0.2, 0.25) is 0 Å². The number of aliphatic hydroxyl groups excluding tert-OH is 1. The normalized spacial score (nSPS) is 27.0. The molecule has 1 heterocycles. The van der Waals surface area contributed by atoms with Crippen LogP contribution >= 0.6 is 0 Å². The molecule has 1 saturated heterocycles. The number of nitrogens with zero attached hydrogens (tertiary/aromatic N) is 1. The van der Waals surface area contributed by atoms with E-state index in [0.29, 0.717) is 18.0 Å². The molecule has 5 atom stereocenters. The van der Waals surface area contributed by atoms with E-state index in [1.165, 1.54) is 12.1 Å². The SMILES string of the molecule is CC(C)(C)OC(=O)N1C[C@H]2C[C@H]2[C@@H]1[C@@H](O)[C@@H](N)Cc1cc(F)cc(F)c1. The molecule has 1 amide bonds. The molecule has 1 aliphatic carbocycles. The third-order valence-electron chi connectivity index (χ3n) is 5.02. The Hall–Kier alpha value is -1.73. The van der Waals surface area contributed by atoms with Crippen molar-refractivity contribution in [2.24, 2.45) is 17.6 Å². The highest BCUT2D eigenvalue weighted by molar-refractivity contribution is 5.69. The Bertz CT molecular complexity index is 672. The van der Waals surface area contributed by atoms with Crippen molar-refractivity contribution >= 4 is 6.09 Å². The number of benzene rings is 1. The molecule has 2 fully saturated rings. The van der Waals surface area contributed by atoms with Gasteiger partial charge < -0.3 is 20.5 Å². The van der Waals surface area contributed by atoms with Gasteiger partial charge in [-0.1, -0.05) is 0 Å². The monoisotopic (exact) mass is 368 g/mol. The summed E-state index contributed by atoms with van der Waals surface area (Å²) in [5.41, 5.74) is 5.88. The number of aliphatic hydroxyl groups is 1. The van der Waals surface area contributed by atoms with Crippen LogP contribution in [0.1, 0.15) is 32.8 Å². The Kier molecular flexibility index (Phi) is 4.96. The van der Waals surface area contributed by atoms with E-state index in [9.17, 15) is 18.7 Å². The van der Waals surface area contributed by atoms with Gasteiger partial charge in [-0.05, 0) is 63.1 Å². The summed E-state index contributed by atoms with van der Waals surface area (Å²) in [6, 6.07) is 2.03. The third-order valence-corrected chi connectivity index (χ3v) is 5.02. The fourth-order valence-corrected chi connectivity index (χ4v) is 3.83. The molecule has 1 aromatic rings. The fourth-order valence-electron chi connectivity index (χ4n) is 3.83. The zero-order chi connectivity index (χ0) is 19.2. The zero-order valence-electron chi connectivity index (χ0n) is 15.3. The van der Waals surface area contributed by atoms with Gasteiger partial charge in [0.05, 0.1) is 12.1 Å². The van der Waals surface area contributed by atoms with Crippen LogP contribution in [-0.4, -0.2) is 46.4 Å². The number of piperidine rings is 1. The summed E-state index contributed by atoms with van der Waals surface area (Å²) in [5, 5.41) is 10.8. The highest BCUT2D eigenvalue weighted by Gasteiger charge is 2.57. The van der Waals surface area contributed by atoms with E-state index >= 15 is 0 Å². The number of carbonyl (C=O) groups is 1. The van der Waals surface area contributed by atoms with Crippen molar-refractivity contribution in [2.45, 2.75) is 57.4 Å². The summed E-state index contributed by atoms with van der Waals surface area (Å²) in [6.07, 6.45) is -0.391. The molecule has 3 N–H and O–H groups in total. The molecule has 2 aliphatic rings. The lowest BCUT2D eigenvalue weighted by atomic mass is 9.94.